The topological polar surface area (TPSA) is 134 Å². The van der Waals surface area contributed by atoms with Crippen molar-refractivity contribution >= 4 is 23.7 Å². The Morgan fingerprint density at radius 3 is 2.11 bits per heavy atom. The number of carbonyl (C=O) groups excluding carboxylic acids is 4. The van der Waals surface area contributed by atoms with E-state index in [9.17, 15) is 24.3 Å². The monoisotopic (exact) mass is 519 g/mol. The van der Waals surface area contributed by atoms with Crippen molar-refractivity contribution in [2.24, 2.45) is 11.8 Å². The summed E-state index contributed by atoms with van der Waals surface area (Å²) in [6.45, 7) is 9.27. The molecule has 9 heteroatoms. The smallest absolute Gasteiger partial charge is 0.306 e. The number of esters is 1. The summed E-state index contributed by atoms with van der Waals surface area (Å²) in [7, 11) is 1.27. The van der Waals surface area contributed by atoms with Crippen LogP contribution in [0.15, 0.2) is 30.3 Å². The number of ether oxygens (including phenoxy) is 1. The number of hydrogen-bond acceptors (Lipinski definition) is 6. The maximum absolute atomic E-state index is 13.1. The molecule has 0 saturated heterocycles. The van der Waals surface area contributed by atoms with Crippen LogP contribution in [0.5, 0.6) is 0 Å². The number of aliphatic hydroxyl groups is 1. The fourth-order valence-electron chi connectivity index (χ4n) is 4.03. The van der Waals surface area contributed by atoms with E-state index in [2.05, 4.69) is 34.5 Å². The molecule has 0 fully saturated rings. The Morgan fingerprint density at radius 2 is 1.57 bits per heavy atom. The fraction of sp³-hybridized carbons (Fsp3) is 0.643. The first kappa shape index (κ1) is 32.1. The van der Waals surface area contributed by atoms with Crippen LogP contribution >= 0.6 is 0 Å². The highest BCUT2D eigenvalue weighted by Gasteiger charge is 2.29. The number of carbonyl (C=O) groups is 4. The Balaban J connectivity index is 3.04. The third kappa shape index (κ3) is 13.3. The van der Waals surface area contributed by atoms with Crippen molar-refractivity contribution < 1.29 is 29.0 Å². The lowest BCUT2D eigenvalue weighted by Crippen LogP contribution is -2.53. The molecule has 0 aliphatic rings. The maximum Gasteiger partial charge on any atom is 0.306 e. The Bertz CT molecular complexity index is 859. The zero-order chi connectivity index (χ0) is 28.0. The van der Waals surface area contributed by atoms with Gasteiger partial charge in [0.2, 0.25) is 17.7 Å². The van der Waals surface area contributed by atoms with Crippen molar-refractivity contribution in [3.05, 3.63) is 35.9 Å². The third-order valence-electron chi connectivity index (χ3n) is 6.17. The molecule has 0 aliphatic heterocycles. The van der Waals surface area contributed by atoms with Crippen LogP contribution in [0.4, 0.5) is 0 Å². The third-order valence-corrected chi connectivity index (χ3v) is 6.17. The highest BCUT2D eigenvalue weighted by Crippen LogP contribution is 2.16. The van der Waals surface area contributed by atoms with Crippen LogP contribution in [0.2, 0.25) is 0 Å². The van der Waals surface area contributed by atoms with E-state index < -0.39 is 24.2 Å². The number of nitrogens with one attached hydrogen (secondary N) is 3. The summed E-state index contributed by atoms with van der Waals surface area (Å²) in [6.07, 6.45) is 1.01. The lowest BCUT2D eigenvalue weighted by atomic mass is 9.92. The minimum absolute atomic E-state index is 0.0506. The molecule has 1 rings (SSSR count). The van der Waals surface area contributed by atoms with Crippen molar-refractivity contribution in [1.82, 2.24) is 16.0 Å². The van der Waals surface area contributed by atoms with Gasteiger partial charge >= 0.3 is 5.97 Å². The van der Waals surface area contributed by atoms with Crippen molar-refractivity contribution in [1.29, 1.82) is 0 Å². The second-order valence-electron chi connectivity index (χ2n) is 10.3. The Morgan fingerprint density at radius 1 is 0.919 bits per heavy atom. The summed E-state index contributed by atoms with van der Waals surface area (Å²) in [4.78, 5) is 48.7. The molecular weight excluding hydrogens is 474 g/mol. The first-order valence-corrected chi connectivity index (χ1v) is 13.1. The van der Waals surface area contributed by atoms with Crippen LogP contribution in [0.1, 0.15) is 72.3 Å². The van der Waals surface area contributed by atoms with Gasteiger partial charge < -0.3 is 25.8 Å². The number of benzene rings is 1. The normalized spacial score (nSPS) is 14.4. The van der Waals surface area contributed by atoms with Gasteiger partial charge in [-0.3, -0.25) is 19.2 Å². The van der Waals surface area contributed by atoms with Gasteiger partial charge in [0.1, 0.15) is 6.04 Å². The predicted molar refractivity (Wildman–Crippen MR) is 142 cm³/mol. The van der Waals surface area contributed by atoms with Gasteiger partial charge in [-0.25, -0.2) is 0 Å². The van der Waals surface area contributed by atoms with E-state index >= 15 is 0 Å². The molecule has 4 N–H and O–H groups in total. The zero-order valence-corrected chi connectivity index (χ0v) is 23.1. The van der Waals surface area contributed by atoms with E-state index in [4.69, 9.17) is 0 Å². The van der Waals surface area contributed by atoms with Gasteiger partial charge in [0, 0.05) is 19.4 Å². The van der Waals surface area contributed by atoms with Gasteiger partial charge in [-0.05, 0) is 43.1 Å². The molecule has 0 unspecified atom stereocenters. The predicted octanol–water partition coefficient (Wildman–Crippen LogP) is 2.50. The minimum atomic E-state index is -0.960. The summed E-state index contributed by atoms with van der Waals surface area (Å²) in [5.41, 5.74) is 0.938. The quantitative estimate of drug-likeness (QED) is 0.248. The lowest BCUT2D eigenvalue weighted by molar-refractivity contribution is -0.142. The summed E-state index contributed by atoms with van der Waals surface area (Å²) >= 11 is 0. The number of hydrogen-bond donors (Lipinski definition) is 4. The molecule has 208 valence electrons. The molecule has 0 aliphatic carbocycles. The lowest BCUT2D eigenvalue weighted by Gasteiger charge is -2.30. The molecule has 0 aromatic heterocycles. The molecule has 1 aromatic rings. The van der Waals surface area contributed by atoms with Gasteiger partial charge in [0.15, 0.2) is 0 Å². The van der Waals surface area contributed by atoms with E-state index in [0.717, 1.165) is 12.0 Å². The summed E-state index contributed by atoms with van der Waals surface area (Å²) < 4.78 is 4.61. The van der Waals surface area contributed by atoms with Crippen LogP contribution < -0.4 is 16.0 Å². The molecule has 37 heavy (non-hydrogen) atoms. The largest absolute Gasteiger partial charge is 0.469 e. The van der Waals surface area contributed by atoms with Crippen molar-refractivity contribution in [2.45, 2.75) is 97.4 Å². The van der Waals surface area contributed by atoms with Gasteiger partial charge in [0.05, 0.1) is 25.7 Å². The van der Waals surface area contributed by atoms with Crippen molar-refractivity contribution in [3.8, 4) is 0 Å². The highest BCUT2D eigenvalue weighted by molar-refractivity contribution is 5.87. The second-order valence-corrected chi connectivity index (χ2v) is 10.3. The van der Waals surface area contributed by atoms with E-state index in [1.165, 1.54) is 14.0 Å². The zero-order valence-electron chi connectivity index (χ0n) is 23.1. The van der Waals surface area contributed by atoms with Gasteiger partial charge in [-0.2, -0.15) is 0 Å². The van der Waals surface area contributed by atoms with Crippen LogP contribution in [0.3, 0.4) is 0 Å². The van der Waals surface area contributed by atoms with Crippen LogP contribution in [0, 0.1) is 11.8 Å². The molecule has 4 atom stereocenters. The minimum Gasteiger partial charge on any atom is -0.469 e. The molecule has 0 bridgehead atoms. The van der Waals surface area contributed by atoms with E-state index in [0.29, 0.717) is 18.8 Å². The molecule has 3 amide bonds. The molecule has 9 nitrogen and oxygen atoms in total. The Hall–Kier alpha value is -2.94. The molecule has 1 aromatic carbocycles. The number of methoxy groups -OCH3 is 1. The van der Waals surface area contributed by atoms with Gasteiger partial charge in [0.25, 0.3) is 0 Å². The molecule has 0 saturated carbocycles. The van der Waals surface area contributed by atoms with Gasteiger partial charge in [-0.1, -0.05) is 58.0 Å². The van der Waals surface area contributed by atoms with Crippen LogP contribution in [-0.2, 0) is 30.3 Å². The van der Waals surface area contributed by atoms with Crippen LogP contribution in [-0.4, -0.2) is 60.1 Å². The second kappa shape index (κ2) is 16.7. The first-order valence-electron chi connectivity index (χ1n) is 13.1. The number of rotatable bonds is 16. The van der Waals surface area contributed by atoms with E-state index in [1.807, 2.05) is 44.2 Å². The van der Waals surface area contributed by atoms with Gasteiger partial charge in [-0.15, -0.1) is 0 Å². The highest BCUT2D eigenvalue weighted by atomic mass is 16.5. The molecule has 0 spiro atoms. The fourth-order valence-corrected chi connectivity index (χ4v) is 4.03. The van der Waals surface area contributed by atoms with E-state index in [-0.39, 0.29) is 48.9 Å². The number of aliphatic hydroxyl groups excluding tert-OH is 1. The SMILES string of the molecule is COC(=O)CCC(=O)N[C@@H](Cc1ccccc1)[C@@H](O)C[C@H](CCC(C)C)NC(=O)[C@@H](NC(C)=O)C(C)C. The Kier molecular flexibility index (Phi) is 14.5. The first-order chi connectivity index (χ1) is 17.4. The van der Waals surface area contributed by atoms with Crippen molar-refractivity contribution in [3.63, 3.8) is 0 Å². The molecule has 0 heterocycles. The maximum atomic E-state index is 13.1. The summed E-state index contributed by atoms with van der Waals surface area (Å²) in [5, 5.41) is 19.9. The molecule has 0 radical (unpaired) electrons. The standard InChI is InChI=1S/C28H45N3O6/c1-18(2)12-13-22(30-28(36)27(19(3)4)29-20(5)32)17-24(33)23(16-21-10-8-7-9-11-21)31-25(34)14-15-26(35)37-6/h7-11,18-19,22-24,27,33H,12-17H2,1-6H3,(H,29,32)(H,30,36)(H,31,34)/t22-,23-,24-,27-/m0/s1. The summed E-state index contributed by atoms with van der Waals surface area (Å²) in [5.74, 6) is -1.15. The Labute approximate surface area is 221 Å². The van der Waals surface area contributed by atoms with E-state index in [1.54, 1.807) is 0 Å². The average molecular weight is 520 g/mol. The molecular formula is C28H45N3O6. The van der Waals surface area contributed by atoms with Crippen LogP contribution in [0.25, 0.3) is 0 Å². The summed E-state index contributed by atoms with van der Waals surface area (Å²) in [6, 6.07) is 7.83. The average Bonchev–Trinajstić information content (AvgIpc) is 2.84. The van der Waals surface area contributed by atoms with Crippen molar-refractivity contribution in [2.75, 3.05) is 7.11 Å². The number of amides is 3.